The van der Waals surface area contributed by atoms with Crippen molar-refractivity contribution < 1.29 is 20.1 Å². The summed E-state index contributed by atoms with van der Waals surface area (Å²) < 4.78 is 0. The van der Waals surface area contributed by atoms with Crippen molar-refractivity contribution in [3.05, 3.63) is 0 Å². The number of hydrogen-bond acceptors (Lipinski definition) is 5. The van der Waals surface area contributed by atoms with Gasteiger partial charge in [0.25, 0.3) is 0 Å². The first-order chi connectivity index (χ1) is 10.4. The van der Waals surface area contributed by atoms with E-state index in [-0.39, 0.29) is 37.6 Å². The molecule has 126 valence electrons. The fourth-order valence-corrected chi connectivity index (χ4v) is 5.68. The van der Waals surface area contributed by atoms with Crippen molar-refractivity contribution in [2.75, 3.05) is 26.3 Å². The van der Waals surface area contributed by atoms with Crippen LogP contribution in [0.2, 0.25) is 0 Å². The topological polar surface area (TPSA) is 107 Å². The number of carbonyl (C=O) groups is 1. The molecule has 5 N–H and O–H groups in total. The third-order valence-electron chi connectivity index (χ3n) is 6.05. The molecule has 0 saturated heterocycles. The lowest BCUT2D eigenvalue weighted by atomic mass is 9.46. The van der Waals surface area contributed by atoms with Gasteiger partial charge < -0.3 is 26.0 Å². The van der Waals surface area contributed by atoms with Crippen LogP contribution in [0.3, 0.4) is 0 Å². The SMILES string of the molecule is NC(C(=O)N(CCO)CCO)C12CC3CC(CC(O)(C3)C1)C2. The number of rotatable bonds is 6. The van der Waals surface area contributed by atoms with E-state index in [2.05, 4.69) is 0 Å². The molecule has 4 rings (SSSR count). The highest BCUT2D eigenvalue weighted by Gasteiger charge is 2.60. The first-order valence-corrected chi connectivity index (χ1v) is 8.40. The number of nitrogens with two attached hydrogens (primary N) is 1. The molecule has 0 aromatic rings. The minimum absolute atomic E-state index is 0.138. The van der Waals surface area contributed by atoms with E-state index in [0.29, 0.717) is 18.3 Å². The van der Waals surface area contributed by atoms with E-state index >= 15 is 0 Å². The second-order valence-electron chi connectivity index (χ2n) is 7.80. The second kappa shape index (κ2) is 5.74. The van der Waals surface area contributed by atoms with Gasteiger partial charge in [-0.15, -0.1) is 0 Å². The van der Waals surface area contributed by atoms with E-state index < -0.39 is 11.6 Å². The molecule has 0 aromatic heterocycles. The van der Waals surface area contributed by atoms with Crippen molar-refractivity contribution in [2.45, 2.75) is 50.2 Å². The highest BCUT2D eigenvalue weighted by molar-refractivity contribution is 5.82. The molecule has 6 heteroatoms. The minimum Gasteiger partial charge on any atom is -0.395 e. The number of carbonyl (C=O) groups excluding carboxylic acids is 1. The molecule has 4 bridgehead atoms. The lowest BCUT2D eigenvalue weighted by Gasteiger charge is -2.61. The Kier molecular flexibility index (Phi) is 4.22. The normalized spacial score (nSPS) is 40.7. The van der Waals surface area contributed by atoms with Crippen LogP contribution in [0.5, 0.6) is 0 Å². The van der Waals surface area contributed by atoms with Gasteiger partial charge in [0, 0.05) is 13.1 Å². The van der Waals surface area contributed by atoms with Gasteiger partial charge >= 0.3 is 0 Å². The standard InChI is InChI=1S/C16H28N2O4/c17-13(14(21)18(1-3-19)2-4-20)15-6-11-5-12(7-15)9-16(22,8-11)10-15/h11-13,19-20,22H,1-10,17H2. The predicted molar refractivity (Wildman–Crippen MR) is 80.8 cm³/mol. The Morgan fingerprint density at radius 1 is 1.14 bits per heavy atom. The monoisotopic (exact) mass is 312 g/mol. The average molecular weight is 312 g/mol. The summed E-state index contributed by atoms with van der Waals surface area (Å²) in [7, 11) is 0. The quantitative estimate of drug-likeness (QED) is 0.527. The van der Waals surface area contributed by atoms with E-state index in [9.17, 15) is 9.90 Å². The lowest BCUT2D eigenvalue weighted by Crippen LogP contribution is -2.64. The molecule has 3 atom stereocenters. The highest BCUT2D eigenvalue weighted by atomic mass is 16.3. The van der Waals surface area contributed by atoms with Crippen LogP contribution in [0.25, 0.3) is 0 Å². The summed E-state index contributed by atoms with van der Waals surface area (Å²) in [6, 6.07) is -0.650. The molecular formula is C16H28N2O4. The fraction of sp³-hybridized carbons (Fsp3) is 0.938. The van der Waals surface area contributed by atoms with Crippen molar-refractivity contribution in [2.24, 2.45) is 23.0 Å². The molecule has 4 aliphatic carbocycles. The Hall–Kier alpha value is -0.690. The van der Waals surface area contributed by atoms with Crippen LogP contribution in [-0.4, -0.2) is 64.1 Å². The number of aliphatic hydroxyl groups is 3. The summed E-state index contributed by atoms with van der Waals surface area (Å²) in [5.41, 5.74) is 5.43. The van der Waals surface area contributed by atoms with Gasteiger partial charge in [0.15, 0.2) is 0 Å². The van der Waals surface area contributed by atoms with Gasteiger partial charge in [-0.25, -0.2) is 0 Å². The molecule has 0 heterocycles. The Bertz CT molecular complexity index is 422. The van der Waals surface area contributed by atoms with Gasteiger partial charge in [-0.2, -0.15) is 0 Å². The van der Waals surface area contributed by atoms with Crippen molar-refractivity contribution in [3.63, 3.8) is 0 Å². The molecule has 4 saturated carbocycles. The lowest BCUT2D eigenvalue weighted by molar-refractivity contribution is -0.177. The van der Waals surface area contributed by atoms with Crippen molar-refractivity contribution in [1.82, 2.24) is 4.90 Å². The van der Waals surface area contributed by atoms with Crippen LogP contribution in [-0.2, 0) is 4.79 Å². The molecule has 1 amide bonds. The molecule has 4 aliphatic rings. The van der Waals surface area contributed by atoms with Crippen LogP contribution in [0, 0.1) is 17.3 Å². The maximum Gasteiger partial charge on any atom is 0.240 e. The van der Waals surface area contributed by atoms with Crippen molar-refractivity contribution in [3.8, 4) is 0 Å². The molecule has 22 heavy (non-hydrogen) atoms. The van der Waals surface area contributed by atoms with Crippen molar-refractivity contribution >= 4 is 5.91 Å². The second-order valence-corrected chi connectivity index (χ2v) is 7.80. The molecular weight excluding hydrogens is 284 g/mol. The minimum atomic E-state index is -0.650. The van der Waals surface area contributed by atoms with Gasteiger partial charge in [0.1, 0.15) is 0 Å². The zero-order valence-corrected chi connectivity index (χ0v) is 13.1. The maximum absolute atomic E-state index is 12.7. The third-order valence-corrected chi connectivity index (χ3v) is 6.05. The smallest absolute Gasteiger partial charge is 0.240 e. The zero-order valence-electron chi connectivity index (χ0n) is 13.1. The van der Waals surface area contributed by atoms with Crippen LogP contribution >= 0.6 is 0 Å². The molecule has 0 aromatic carbocycles. The van der Waals surface area contributed by atoms with Crippen LogP contribution in [0.1, 0.15) is 38.5 Å². The Balaban J connectivity index is 1.78. The number of aliphatic hydroxyl groups excluding tert-OH is 2. The van der Waals surface area contributed by atoms with E-state index in [0.717, 1.165) is 32.1 Å². The van der Waals surface area contributed by atoms with Gasteiger partial charge in [-0.3, -0.25) is 4.79 Å². The fourth-order valence-electron chi connectivity index (χ4n) is 5.68. The summed E-state index contributed by atoms with van der Waals surface area (Å²) in [5, 5.41) is 29.0. The molecule has 4 fully saturated rings. The summed E-state index contributed by atoms with van der Waals surface area (Å²) in [6.07, 6.45) is 5.32. The Morgan fingerprint density at radius 2 is 1.68 bits per heavy atom. The molecule has 6 nitrogen and oxygen atoms in total. The van der Waals surface area contributed by atoms with Gasteiger partial charge in [0.05, 0.1) is 24.9 Å². The van der Waals surface area contributed by atoms with Crippen LogP contribution < -0.4 is 5.73 Å². The largest absolute Gasteiger partial charge is 0.395 e. The van der Waals surface area contributed by atoms with E-state index in [4.69, 9.17) is 15.9 Å². The zero-order chi connectivity index (χ0) is 16.0. The van der Waals surface area contributed by atoms with E-state index in [1.54, 1.807) is 0 Å². The van der Waals surface area contributed by atoms with Crippen LogP contribution in [0.15, 0.2) is 0 Å². The van der Waals surface area contributed by atoms with Crippen molar-refractivity contribution in [1.29, 1.82) is 0 Å². The summed E-state index contributed by atoms with van der Waals surface area (Å²) >= 11 is 0. The van der Waals surface area contributed by atoms with Gasteiger partial charge in [-0.1, -0.05) is 0 Å². The molecule has 0 spiro atoms. The number of amides is 1. The summed E-state index contributed by atoms with van der Waals surface area (Å²) in [6.45, 7) is 0.113. The summed E-state index contributed by atoms with van der Waals surface area (Å²) in [4.78, 5) is 14.2. The van der Waals surface area contributed by atoms with Gasteiger partial charge in [0.2, 0.25) is 5.91 Å². The average Bonchev–Trinajstić information content (AvgIpc) is 2.43. The van der Waals surface area contributed by atoms with Gasteiger partial charge in [-0.05, 0) is 55.8 Å². The molecule has 3 unspecified atom stereocenters. The third kappa shape index (κ3) is 2.66. The van der Waals surface area contributed by atoms with E-state index in [1.165, 1.54) is 4.90 Å². The van der Waals surface area contributed by atoms with Crippen LogP contribution in [0.4, 0.5) is 0 Å². The molecule has 0 aliphatic heterocycles. The molecule has 0 radical (unpaired) electrons. The maximum atomic E-state index is 12.7. The number of nitrogens with zero attached hydrogens (tertiary/aromatic N) is 1. The predicted octanol–water partition coefficient (Wildman–Crippen LogP) is -0.542. The first kappa shape index (κ1) is 16.2. The number of hydrogen-bond donors (Lipinski definition) is 4. The first-order valence-electron chi connectivity index (χ1n) is 8.40. The Morgan fingerprint density at radius 3 is 2.14 bits per heavy atom. The van der Waals surface area contributed by atoms with E-state index in [1.807, 2.05) is 0 Å². The Labute approximate surface area is 131 Å². The summed E-state index contributed by atoms with van der Waals surface area (Å²) in [5.74, 6) is 0.761. The highest BCUT2D eigenvalue weighted by Crippen LogP contribution is 2.62.